The molecule has 1 aromatic heterocycles. The summed E-state index contributed by atoms with van der Waals surface area (Å²) >= 11 is 4.60. The monoisotopic (exact) mass is 509 g/mol. The van der Waals surface area contributed by atoms with E-state index in [1.165, 1.54) is 6.92 Å². The maximum Gasteiger partial charge on any atom is 0.271 e. The quantitative estimate of drug-likeness (QED) is 0.545. The average Bonchev–Trinajstić information content (AvgIpc) is 3.21. The second-order valence-corrected chi connectivity index (χ2v) is 10.1. The summed E-state index contributed by atoms with van der Waals surface area (Å²) in [6, 6.07) is 12.3. The van der Waals surface area contributed by atoms with Crippen LogP contribution in [0.3, 0.4) is 0 Å². The molecule has 1 N–H and O–H groups in total. The number of halogens is 1. The first kappa shape index (κ1) is 19.6. The van der Waals surface area contributed by atoms with Gasteiger partial charge in [-0.1, -0.05) is 45.5 Å². The molecule has 3 aliphatic rings. The molecule has 6 rings (SSSR count). The highest BCUT2D eigenvalue weighted by Crippen LogP contribution is 2.47. The lowest BCUT2D eigenvalue weighted by molar-refractivity contribution is -0.132. The van der Waals surface area contributed by atoms with E-state index >= 15 is 0 Å². The summed E-state index contributed by atoms with van der Waals surface area (Å²) < 4.78 is 8.87. The van der Waals surface area contributed by atoms with Gasteiger partial charge in [0.05, 0.1) is 11.6 Å². The maximum atomic E-state index is 13.8. The van der Waals surface area contributed by atoms with E-state index in [1.807, 2.05) is 36.4 Å². The summed E-state index contributed by atoms with van der Waals surface area (Å²) in [6.45, 7) is 3.27. The standard InChI is InChI=1S/C23H16BrN3O4S/c1-10(28)17-18-12-5-3-4-6-15(12)31-23(17,2)26-22-27(18)21(30)19(32-22)16-13-9-11(24)7-8-14(13)25-20(16)29/h3-9,17-18H,1-2H3,(H,25,29)/b19-16-/t17-,18+,23+/m0/s1. The van der Waals surface area contributed by atoms with Crippen molar-refractivity contribution in [1.82, 2.24) is 4.57 Å². The highest BCUT2D eigenvalue weighted by Gasteiger charge is 2.53. The molecule has 1 amide bonds. The Labute approximate surface area is 194 Å². The van der Waals surface area contributed by atoms with Crippen LogP contribution in [0, 0.1) is 5.92 Å². The van der Waals surface area contributed by atoms with Crippen molar-refractivity contribution in [3.8, 4) is 5.75 Å². The van der Waals surface area contributed by atoms with Crippen LogP contribution in [-0.2, 0) is 9.59 Å². The zero-order valence-corrected chi connectivity index (χ0v) is 19.4. The van der Waals surface area contributed by atoms with Gasteiger partial charge in [-0.25, -0.2) is 4.99 Å². The zero-order chi connectivity index (χ0) is 22.4. The first-order valence-electron chi connectivity index (χ1n) is 10.0. The molecule has 0 unspecified atom stereocenters. The van der Waals surface area contributed by atoms with Crippen molar-refractivity contribution in [2.45, 2.75) is 25.6 Å². The number of benzene rings is 2. The third kappa shape index (κ3) is 2.52. The summed E-state index contributed by atoms with van der Waals surface area (Å²) in [7, 11) is 0. The number of amides is 1. The number of anilines is 1. The van der Waals surface area contributed by atoms with Crippen LogP contribution in [0.4, 0.5) is 5.69 Å². The topological polar surface area (TPSA) is 89.8 Å². The molecule has 0 fully saturated rings. The molecule has 0 saturated heterocycles. The Morgan fingerprint density at radius 3 is 2.81 bits per heavy atom. The number of carbonyl (C=O) groups excluding carboxylic acids is 2. The highest BCUT2D eigenvalue weighted by atomic mass is 79.9. The average molecular weight is 510 g/mol. The summed E-state index contributed by atoms with van der Waals surface area (Å²) in [5.74, 6) is -0.495. The van der Waals surface area contributed by atoms with Crippen LogP contribution in [0.25, 0.3) is 5.57 Å². The summed E-state index contributed by atoms with van der Waals surface area (Å²) in [5, 5.41) is 2.83. The minimum Gasteiger partial charge on any atom is -0.465 e. The summed E-state index contributed by atoms with van der Waals surface area (Å²) in [6.07, 6.45) is 0. The normalized spacial score (nSPS) is 26.3. The van der Waals surface area contributed by atoms with Crippen molar-refractivity contribution >= 4 is 50.2 Å². The van der Waals surface area contributed by atoms with Crippen molar-refractivity contribution in [1.29, 1.82) is 0 Å². The molecule has 0 spiro atoms. The van der Waals surface area contributed by atoms with Gasteiger partial charge in [0.25, 0.3) is 11.5 Å². The molecule has 7 nitrogen and oxygen atoms in total. The van der Waals surface area contributed by atoms with E-state index in [2.05, 4.69) is 21.2 Å². The Morgan fingerprint density at radius 1 is 1.25 bits per heavy atom. The summed E-state index contributed by atoms with van der Waals surface area (Å²) in [5.41, 5.74) is 0.930. The van der Waals surface area contributed by atoms with Crippen molar-refractivity contribution in [3.05, 3.63) is 77.8 Å². The molecule has 2 aromatic carbocycles. The molecule has 0 aliphatic carbocycles. The van der Waals surface area contributed by atoms with Crippen LogP contribution in [0.5, 0.6) is 5.75 Å². The van der Waals surface area contributed by atoms with E-state index in [9.17, 15) is 14.4 Å². The molecule has 2 bridgehead atoms. The number of carbonyl (C=O) groups is 2. The Balaban J connectivity index is 1.72. The molecule has 3 atom stereocenters. The molecule has 3 aromatic rings. The third-order valence-electron chi connectivity index (χ3n) is 6.25. The van der Waals surface area contributed by atoms with Crippen molar-refractivity contribution in [2.24, 2.45) is 10.9 Å². The number of thiazole rings is 1. The van der Waals surface area contributed by atoms with Crippen LogP contribution < -0.4 is 24.9 Å². The molecule has 4 heterocycles. The molecule has 0 radical (unpaired) electrons. The van der Waals surface area contributed by atoms with Gasteiger partial charge in [0.2, 0.25) is 5.72 Å². The third-order valence-corrected chi connectivity index (χ3v) is 7.79. The lowest BCUT2D eigenvalue weighted by Crippen LogP contribution is -2.58. The van der Waals surface area contributed by atoms with Gasteiger partial charge < -0.3 is 10.1 Å². The van der Waals surface area contributed by atoms with E-state index in [1.54, 1.807) is 17.6 Å². The number of hydrogen-bond acceptors (Lipinski definition) is 6. The van der Waals surface area contributed by atoms with Crippen LogP contribution >= 0.6 is 27.3 Å². The van der Waals surface area contributed by atoms with E-state index < -0.39 is 17.7 Å². The largest absolute Gasteiger partial charge is 0.465 e. The fraction of sp³-hybridized carbons (Fsp3) is 0.217. The number of rotatable bonds is 1. The number of ether oxygens (including phenoxy) is 1. The molecule has 0 saturated carbocycles. The first-order valence-corrected chi connectivity index (χ1v) is 11.6. The van der Waals surface area contributed by atoms with Gasteiger partial charge in [0, 0.05) is 21.3 Å². The Morgan fingerprint density at radius 2 is 2.03 bits per heavy atom. The Kier molecular flexibility index (Phi) is 3.98. The minimum absolute atomic E-state index is 0.110. The molecule has 3 aliphatic heterocycles. The van der Waals surface area contributed by atoms with Gasteiger partial charge in [-0.3, -0.25) is 19.0 Å². The number of para-hydroxylation sites is 1. The lowest BCUT2D eigenvalue weighted by Gasteiger charge is -2.45. The highest BCUT2D eigenvalue weighted by molar-refractivity contribution is 9.10. The fourth-order valence-corrected chi connectivity index (χ4v) is 6.53. The predicted molar refractivity (Wildman–Crippen MR) is 122 cm³/mol. The van der Waals surface area contributed by atoms with Crippen LogP contribution in [0.2, 0.25) is 0 Å². The number of fused-ring (bicyclic) bond motifs is 7. The van der Waals surface area contributed by atoms with Crippen molar-refractivity contribution < 1.29 is 14.3 Å². The van der Waals surface area contributed by atoms with Gasteiger partial charge in [-0.15, -0.1) is 0 Å². The Bertz CT molecular complexity index is 1560. The minimum atomic E-state index is -1.14. The molecule has 32 heavy (non-hydrogen) atoms. The number of aromatic nitrogens is 1. The lowest BCUT2D eigenvalue weighted by atomic mass is 9.79. The molecular weight excluding hydrogens is 494 g/mol. The van der Waals surface area contributed by atoms with Crippen LogP contribution in [-0.4, -0.2) is 22.0 Å². The van der Waals surface area contributed by atoms with E-state index in [4.69, 9.17) is 9.73 Å². The number of nitrogens with zero attached hydrogens (tertiary/aromatic N) is 2. The zero-order valence-electron chi connectivity index (χ0n) is 17.0. The van der Waals surface area contributed by atoms with Gasteiger partial charge in [0.15, 0.2) is 4.80 Å². The first-order chi connectivity index (χ1) is 15.3. The molecular formula is C23H16BrN3O4S. The second kappa shape index (κ2) is 6.49. The van der Waals surface area contributed by atoms with E-state index in [0.29, 0.717) is 31.9 Å². The predicted octanol–water partition coefficient (Wildman–Crippen LogP) is 2.36. The van der Waals surface area contributed by atoms with E-state index in [-0.39, 0.29) is 17.2 Å². The number of nitrogens with one attached hydrogen (secondary N) is 1. The number of Topliss-reactive ketones (excluding diaryl/α,β-unsaturated/α-hetero) is 1. The summed E-state index contributed by atoms with van der Waals surface area (Å²) in [4.78, 5) is 44.5. The fourth-order valence-electron chi connectivity index (χ4n) is 4.97. The maximum absolute atomic E-state index is 13.8. The number of hydrogen-bond donors (Lipinski definition) is 1. The van der Waals surface area contributed by atoms with Crippen molar-refractivity contribution in [2.75, 3.05) is 5.32 Å². The van der Waals surface area contributed by atoms with Gasteiger partial charge in [-0.2, -0.15) is 0 Å². The van der Waals surface area contributed by atoms with Gasteiger partial charge in [-0.05, 0) is 38.1 Å². The molecule has 160 valence electrons. The van der Waals surface area contributed by atoms with Crippen molar-refractivity contribution in [3.63, 3.8) is 0 Å². The van der Waals surface area contributed by atoms with Gasteiger partial charge >= 0.3 is 0 Å². The Hall–Kier alpha value is -3.04. The van der Waals surface area contributed by atoms with Crippen LogP contribution in [0.1, 0.15) is 31.0 Å². The SMILES string of the molecule is CC(=O)[C@H]1[C@H]2c3ccccc3O[C@@]1(C)N=c1s/c(=C3\C(=O)Nc4ccc(Br)cc43)c(=O)n12. The molecule has 9 heteroatoms. The van der Waals surface area contributed by atoms with E-state index in [0.717, 1.165) is 21.4 Å². The smallest absolute Gasteiger partial charge is 0.271 e. The number of ketones is 1. The van der Waals surface area contributed by atoms with Crippen LogP contribution in [0.15, 0.2) is 56.7 Å². The second-order valence-electron chi connectivity index (χ2n) is 8.25. The van der Waals surface area contributed by atoms with Gasteiger partial charge in [0.1, 0.15) is 22.0 Å².